The minimum atomic E-state index is 0.472. The van der Waals surface area contributed by atoms with E-state index in [2.05, 4.69) is 59.2 Å². The molecule has 4 rings (SSSR count). The van der Waals surface area contributed by atoms with Gasteiger partial charge >= 0.3 is 0 Å². The maximum atomic E-state index is 6.20. The van der Waals surface area contributed by atoms with Gasteiger partial charge in [-0.05, 0) is 18.1 Å². The average Bonchev–Trinajstić information content (AvgIpc) is 2.94. The van der Waals surface area contributed by atoms with Crippen LogP contribution in [0, 0.1) is 0 Å². The highest BCUT2D eigenvalue weighted by Gasteiger charge is 2.20. The second kappa shape index (κ2) is 6.57. The molecule has 3 nitrogen and oxygen atoms in total. The van der Waals surface area contributed by atoms with Gasteiger partial charge in [0.1, 0.15) is 11.3 Å². The van der Waals surface area contributed by atoms with E-state index in [1.165, 1.54) is 16.5 Å². The Kier molecular flexibility index (Phi) is 4.14. The first kappa shape index (κ1) is 14.5. The Balaban J connectivity index is 1.69. The molecule has 1 saturated heterocycles. The molecule has 3 heteroatoms. The normalized spacial score (nSPS) is 18.3. The Labute approximate surface area is 136 Å². The van der Waals surface area contributed by atoms with Gasteiger partial charge in [0, 0.05) is 43.0 Å². The number of furan rings is 1. The van der Waals surface area contributed by atoms with Crippen molar-refractivity contribution in [3.8, 4) is 0 Å². The monoisotopic (exact) mass is 306 g/mol. The third-order valence-corrected chi connectivity index (χ3v) is 4.57. The third kappa shape index (κ3) is 3.16. The van der Waals surface area contributed by atoms with Crippen molar-refractivity contribution in [1.82, 2.24) is 10.6 Å². The van der Waals surface area contributed by atoms with Crippen molar-refractivity contribution in [2.24, 2.45) is 0 Å². The number of para-hydroxylation sites is 1. The lowest BCUT2D eigenvalue weighted by Crippen LogP contribution is -2.49. The maximum absolute atomic E-state index is 6.20. The molecule has 1 fully saturated rings. The van der Waals surface area contributed by atoms with E-state index in [-0.39, 0.29) is 0 Å². The molecule has 3 aromatic rings. The fourth-order valence-corrected chi connectivity index (χ4v) is 3.40. The molecule has 1 atom stereocenters. The van der Waals surface area contributed by atoms with Gasteiger partial charge in [-0.2, -0.15) is 0 Å². The molecule has 1 aliphatic heterocycles. The van der Waals surface area contributed by atoms with Gasteiger partial charge in [-0.25, -0.2) is 0 Å². The van der Waals surface area contributed by atoms with Gasteiger partial charge < -0.3 is 15.1 Å². The highest BCUT2D eigenvalue weighted by atomic mass is 16.3. The van der Waals surface area contributed by atoms with E-state index < -0.39 is 0 Å². The molecule has 118 valence electrons. The van der Waals surface area contributed by atoms with E-state index in [0.717, 1.165) is 43.8 Å². The van der Waals surface area contributed by atoms with Gasteiger partial charge in [0.25, 0.3) is 0 Å². The maximum Gasteiger partial charge on any atom is 0.134 e. The predicted molar refractivity (Wildman–Crippen MR) is 93.8 cm³/mol. The summed E-state index contributed by atoms with van der Waals surface area (Å²) in [7, 11) is 0. The zero-order valence-corrected chi connectivity index (χ0v) is 13.2. The minimum absolute atomic E-state index is 0.472. The van der Waals surface area contributed by atoms with Crippen LogP contribution in [0.1, 0.15) is 16.9 Å². The molecule has 0 bridgehead atoms. The van der Waals surface area contributed by atoms with Crippen molar-refractivity contribution in [3.63, 3.8) is 0 Å². The molecule has 2 N–H and O–H groups in total. The highest BCUT2D eigenvalue weighted by molar-refractivity contribution is 5.82. The number of hydrogen-bond acceptors (Lipinski definition) is 3. The molecule has 23 heavy (non-hydrogen) atoms. The largest absolute Gasteiger partial charge is 0.460 e. The number of fused-ring (bicyclic) bond motifs is 1. The summed E-state index contributed by atoms with van der Waals surface area (Å²) in [5.41, 5.74) is 3.64. The molecule has 0 radical (unpaired) electrons. The zero-order valence-electron chi connectivity index (χ0n) is 13.2. The summed E-state index contributed by atoms with van der Waals surface area (Å²) < 4.78 is 6.20. The molecule has 0 spiro atoms. The summed E-state index contributed by atoms with van der Waals surface area (Å²) in [5, 5.41) is 8.34. The highest BCUT2D eigenvalue weighted by Crippen LogP contribution is 2.29. The van der Waals surface area contributed by atoms with Crippen LogP contribution >= 0.6 is 0 Å². The van der Waals surface area contributed by atoms with Gasteiger partial charge in [-0.1, -0.05) is 48.5 Å². The van der Waals surface area contributed by atoms with Crippen LogP contribution in [0.2, 0.25) is 0 Å². The van der Waals surface area contributed by atoms with E-state index >= 15 is 0 Å². The van der Waals surface area contributed by atoms with Crippen molar-refractivity contribution >= 4 is 11.0 Å². The van der Waals surface area contributed by atoms with Crippen molar-refractivity contribution < 1.29 is 4.42 Å². The van der Waals surface area contributed by atoms with Crippen molar-refractivity contribution in [3.05, 3.63) is 71.5 Å². The molecule has 1 aliphatic rings. The van der Waals surface area contributed by atoms with Gasteiger partial charge in [-0.3, -0.25) is 0 Å². The van der Waals surface area contributed by atoms with E-state index in [0.29, 0.717) is 6.04 Å². The number of rotatable bonds is 4. The lowest BCUT2D eigenvalue weighted by molar-refractivity contribution is 0.414. The van der Waals surface area contributed by atoms with Gasteiger partial charge in [0.15, 0.2) is 0 Å². The SMILES string of the molecule is c1ccc(Cc2oc3ccccc3c2CC2CNCCN2)cc1. The number of nitrogens with one attached hydrogen (secondary N) is 2. The van der Waals surface area contributed by atoms with Crippen molar-refractivity contribution in [1.29, 1.82) is 0 Å². The smallest absolute Gasteiger partial charge is 0.134 e. The lowest BCUT2D eigenvalue weighted by Gasteiger charge is -2.24. The van der Waals surface area contributed by atoms with E-state index in [4.69, 9.17) is 4.42 Å². The molecule has 0 aliphatic carbocycles. The van der Waals surface area contributed by atoms with Crippen LogP contribution in [0.5, 0.6) is 0 Å². The Morgan fingerprint density at radius 3 is 2.61 bits per heavy atom. The number of hydrogen-bond donors (Lipinski definition) is 2. The number of piperazine rings is 1. The van der Waals surface area contributed by atoms with Crippen molar-refractivity contribution in [2.45, 2.75) is 18.9 Å². The zero-order chi connectivity index (χ0) is 15.5. The summed E-state index contributed by atoms with van der Waals surface area (Å²) in [4.78, 5) is 0. The quantitative estimate of drug-likeness (QED) is 0.777. The molecule has 1 aromatic heterocycles. The average molecular weight is 306 g/mol. The lowest BCUT2D eigenvalue weighted by atomic mass is 9.98. The van der Waals surface area contributed by atoms with E-state index in [1.807, 2.05) is 6.07 Å². The fraction of sp³-hybridized carbons (Fsp3) is 0.300. The molecular weight excluding hydrogens is 284 g/mol. The van der Waals surface area contributed by atoms with Crippen LogP contribution in [-0.2, 0) is 12.8 Å². The first-order chi connectivity index (χ1) is 11.4. The Morgan fingerprint density at radius 2 is 1.78 bits per heavy atom. The van der Waals surface area contributed by atoms with Crippen LogP contribution in [-0.4, -0.2) is 25.7 Å². The molecular formula is C20H22N2O. The topological polar surface area (TPSA) is 37.2 Å². The Morgan fingerprint density at radius 1 is 0.957 bits per heavy atom. The van der Waals surface area contributed by atoms with Gasteiger partial charge in [0.2, 0.25) is 0 Å². The van der Waals surface area contributed by atoms with Gasteiger partial charge in [-0.15, -0.1) is 0 Å². The van der Waals surface area contributed by atoms with Crippen LogP contribution in [0.15, 0.2) is 59.0 Å². The van der Waals surface area contributed by atoms with Crippen LogP contribution in [0.3, 0.4) is 0 Å². The van der Waals surface area contributed by atoms with E-state index in [9.17, 15) is 0 Å². The summed E-state index contributed by atoms with van der Waals surface area (Å²) in [5.74, 6) is 1.10. The molecule has 0 saturated carbocycles. The second-order valence-corrected chi connectivity index (χ2v) is 6.22. The Bertz CT molecular complexity index is 773. The summed E-state index contributed by atoms with van der Waals surface area (Å²) in [6, 6.07) is 19.4. The predicted octanol–water partition coefficient (Wildman–Crippen LogP) is 3.13. The molecule has 1 unspecified atom stereocenters. The van der Waals surface area contributed by atoms with Crippen molar-refractivity contribution in [2.75, 3.05) is 19.6 Å². The standard InChI is InChI=1S/C20H22N2O/c1-2-6-15(7-3-1)12-20-18(13-16-14-21-10-11-22-16)17-8-4-5-9-19(17)23-20/h1-9,16,21-22H,10-14H2. The van der Waals surface area contributed by atoms with Crippen LogP contribution in [0.4, 0.5) is 0 Å². The summed E-state index contributed by atoms with van der Waals surface area (Å²) in [6.07, 6.45) is 1.86. The Hall–Kier alpha value is -2.10. The van der Waals surface area contributed by atoms with E-state index in [1.54, 1.807) is 0 Å². The second-order valence-electron chi connectivity index (χ2n) is 6.22. The van der Waals surface area contributed by atoms with Crippen LogP contribution in [0.25, 0.3) is 11.0 Å². The molecule has 2 aromatic carbocycles. The molecule has 2 heterocycles. The first-order valence-corrected chi connectivity index (χ1v) is 8.37. The summed E-state index contributed by atoms with van der Waals surface area (Å²) in [6.45, 7) is 3.11. The first-order valence-electron chi connectivity index (χ1n) is 8.37. The molecule has 0 amide bonds. The third-order valence-electron chi connectivity index (χ3n) is 4.57. The van der Waals surface area contributed by atoms with Gasteiger partial charge in [0.05, 0.1) is 0 Å². The fourth-order valence-electron chi connectivity index (χ4n) is 3.40. The van der Waals surface area contributed by atoms with Crippen LogP contribution < -0.4 is 10.6 Å². The number of benzene rings is 2. The minimum Gasteiger partial charge on any atom is -0.460 e. The summed E-state index contributed by atoms with van der Waals surface area (Å²) >= 11 is 0.